The predicted molar refractivity (Wildman–Crippen MR) is 139 cm³/mol. The molecule has 6 nitrogen and oxygen atoms in total. The monoisotopic (exact) mass is 511 g/mol. The maximum atomic E-state index is 13.3. The van der Waals surface area contributed by atoms with Gasteiger partial charge < -0.3 is 14.6 Å². The summed E-state index contributed by atoms with van der Waals surface area (Å²) in [5, 5.41) is 13.5. The molecular formula is C27H26ClNO5S. The number of anilines is 1. The van der Waals surface area contributed by atoms with Crippen molar-refractivity contribution in [2.45, 2.75) is 26.8 Å². The van der Waals surface area contributed by atoms with Crippen molar-refractivity contribution in [3.8, 4) is 11.5 Å². The van der Waals surface area contributed by atoms with Crippen LogP contribution in [-0.2, 0) is 9.59 Å². The molecule has 1 N–H and O–H groups in total. The molecule has 35 heavy (non-hydrogen) atoms. The minimum Gasteiger partial charge on any atom is -0.507 e. The minimum atomic E-state index is -0.795. The Bertz CT molecular complexity index is 1300. The molecule has 1 saturated heterocycles. The second kappa shape index (κ2) is 10.1. The van der Waals surface area contributed by atoms with Gasteiger partial charge in [0, 0.05) is 16.1 Å². The van der Waals surface area contributed by atoms with E-state index in [1.165, 1.54) is 23.3 Å². The number of nitrogens with zero attached hydrogens (tertiary/aromatic N) is 1. The van der Waals surface area contributed by atoms with Crippen LogP contribution in [0.2, 0.25) is 5.02 Å². The molecule has 4 rings (SSSR count). The number of halogens is 1. The van der Waals surface area contributed by atoms with Gasteiger partial charge in [0.15, 0.2) is 0 Å². The van der Waals surface area contributed by atoms with E-state index in [4.69, 9.17) is 21.1 Å². The SMILES string of the molecule is COc1ccc(N2C(=O)C(=O)/C(=C(\O)c3ccc(OCC(C)C)cc3)C2c2sccc2C)cc1Cl. The van der Waals surface area contributed by atoms with Crippen LogP contribution < -0.4 is 14.4 Å². The van der Waals surface area contributed by atoms with Gasteiger partial charge in [0.2, 0.25) is 0 Å². The largest absolute Gasteiger partial charge is 0.507 e. The number of aliphatic hydroxyl groups excluding tert-OH is 1. The highest BCUT2D eigenvalue weighted by Crippen LogP contribution is 2.45. The van der Waals surface area contributed by atoms with Gasteiger partial charge >= 0.3 is 0 Å². The Morgan fingerprint density at radius 2 is 1.86 bits per heavy atom. The van der Waals surface area contributed by atoms with Gasteiger partial charge in [-0.1, -0.05) is 25.4 Å². The van der Waals surface area contributed by atoms with E-state index in [0.717, 1.165) is 10.4 Å². The van der Waals surface area contributed by atoms with Crippen LogP contribution in [0.1, 0.15) is 35.9 Å². The maximum Gasteiger partial charge on any atom is 0.300 e. The lowest BCUT2D eigenvalue weighted by Gasteiger charge is -2.25. The lowest BCUT2D eigenvalue weighted by molar-refractivity contribution is -0.132. The van der Waals surface area contributed by atoms with E-state index in [2.05, 4.69) is 13.8 Å². The van der Waals surface area contributed by atoms with Crippen LogP contribution in [0, 0.1) is 12.8 Å². The zero-order valence-corrected chi connectivity index (χ0v) is 21.4. The fourth-order valence-corrected chi connectivity index (χ4v) is 5.22. The van der Waals surface area contributed by atoms with E-state index in [1.54, 1.807) is 42.5 Å². The minimum absolute atomic E-state index is 0.0309. The Hall–Kier alpha value is -3.29. The van der Waals surface area contributed by atoms with Crippen LogP contribution in [0.15, 0.2) is 59.5 Å². The first-order chi connectivity index (χ1) is 16.7. The Labute approximate surface area is 213 Å². The van der Waals surface area contributed by atoms with Crippen LogP contribution in [0.5, 0.6) is 11.5 Å². The fourth-order valence-electron chi connectivity index (χ4n) is 3.94. The molecule has 0 bridgehead atoms. The number of methoxy groups -OCH3 is 1. The van der Waals surface area contributed by atoms with Crippen molar-refractivity contribution in [3.63, 3.8) is 0 Å². The first-order valence-corrected chi connectivity index (χ1v) is 12.4. The van der Waals surface area contributed by atoms with Crippen LogP contribution in [-0.4, -0.2) is 30.5 Å². The zero-order chi connectivity index (χ0) is 25.3. The number of thiophene rings is 1. The van der Waals surface area contributed by atoms with Crippen molar-refractivity contribution in [1.82, 2.24) is 0 Å². The lowest BCUT2D eigenvalue weighted by Crippen LogP contribution is -2.29. The molecule has 1 aliphatic rings. The smallest absolute Gasteiger partial charge is 0.300 e. The molecular weight excluding hydrogens is 486 g/mol. The quantitative estimate of drug-likeness (QED) is 0.226. The third-order valence-corrected chi connectivity index (χ3v) is 7.09. The summed E-state index contributed by atoms with van der Waals surface area (Å²) in [5.74, 6) is -0.238. The summed E-state index contributed by atoms with van der Waals surface area (Å²) in [4.78, 5) is 28.7. The molecule has 2 aromatic carbocycles. The molecule has 0 radical (unpaired) electrons. The molecule has 0 spiro atoms. The van der Waals surface area contributed by atoms with Gasteiger partial charge in [-0.05, 0) is 72.3 Å². The summed E-state index contributed by atoms with van der Waals surface area (Å²) in [5.41, 5.74) is 1.80. The number of rotatable bonds is 7. The van der Waals surface area contributed by atoms with Gasteiger partial charge in [0.05, 0.1) is 24.3 Å². The molecule has 1 amide bonds. The second-order valence-corrected chi connectivity index (χ2v) is 10.0. The van der Waals surface area contributed by atoms with Crippen molar-refractivity contribution in [3.05, 3.63) is 80.5 Å². The summed E-state index contributed by atoms with van der Waals surface area (Å²) in [6, 6.07) is 12.9. The van der Waals surface area contributed by atoms with Gasteiger partial charge in [-0.25, -0.2) is 0 Å². The van der Waals surface area contributed by atoms with E-state index in [0.29, 0.717) is 40.3 Å². The average molecular weight is 512 g/mol. The topological polar surface area (TPSA) is 76.1 Å². The van der Waals surface area contributed by atoms with Gasteiger partial charge in [0.1, 0.15) is 23.3 Å². The first kappa shape index (κ1) is 24.8. The molecule has 1 unspecified atom stereocenters. The number of ether oxygens (including phenoxy) is 2. The highest BCUT2D eigenvalue weighted by molar-refractivity contribution is 7.10. The third-order valence-electron chi connectivity index (χ3n) is 5.72. The predicted octanol–water partition coefficient (Wildman–Crippen LogP) is 6.38. The molecule has 182 valence electrons. The molecule has 0 aliphatic carbocycles. The highest BCUT2D eigenvalue weighted by atomic mass is 35.5. The van der Waals surface area contributed by atoms with E-state index >= 15 is 0 Å². The van der Waals surface area contributed by atoms with Crippen LogP contribution in [0.4, 0.5) is 5.69 Å². The molecule has 1 atom stereocenters. The van der Waals surface area contributed by atoms with Gasteiger partial charge in [-0.15, -0.1) is 11.3 Å². The molecule has 3 aromatic rings. The number of hydrogen-bond donors (Lipinski definition) is 1. The van der Waals surface area contributed by atoms with Crippen molar-refractivity contribution in [2.75, 3.05) is 18.6 Å². The zero-order valence-electron chi connectivity index (χ0n) is 19.9. The molecule has 0 saturated carbocycles. The Morgan fingerprint density at radius 1 is 1.14 bits per heavy atom. The fraction of sp³-hybridized carbons (Fsp3) is 0.259. The Kier molecular flexibility index (Phi) is 7.19. The van der Waals surface area contributed by atoms with E-state index in [1.807, 2.05) is 18.4 Å². The van der Waals surface area contributed by atoms with Gasteiger partial charge in [0.25, 0.3) is 11.7 Å². The lowest BCUT2D eigenvalue weighted by atomic mass is 9.98. The van der Waals surface area contributed by atoms with Crippen LogP contribution in [0.3, 0.4) is 0 Å². The van der Waals surface area contributed by atoms with Gasteiger partial charge in [-0.2, -0.15) is 0 Å². The molecule has 2 heterocycles. The summed E-state index contributed by atoms with van der Waals surface area (Å²) in [7, 11) is 1.50. The Balaban J connectivity index is 1.82. The second-order valence-electron chi connectivity index (χ2n) is 8.69. The van der Waals surface area contributed by atoms with Crippen molar-refractivity contribution < 1.29 is 24.2 Å². The number of carbonyl (C=O) groups is 2. The summed E-state index contributed by atoms with van der Waals surface area (Å²) >= 11 is 7.75. The number of ketones is 1. The van der Waals surface area contributed by atoms with Gasteiger partial charge in [-0.3, -0.25) is 14.5 Å². The number of Topliss-reactive ketones (excluding diaryl/α,β-unsaturated/α-hetero) is 1. The third kappa shape index (κ3) is 4.79. The van der Waals surface area contributed by atoms with Crippen LogP contribution in [0.25, 0.3) is 5.76 Å². The van der Waals surface area contributed by atoms with E-state index in [9.17, 15) is 14.7 Å². The van der Waals surface area contributed by atoms with Crippen molar-refractivity contribution in [2.24, 2.45) is 5.92 Å². The molecule has 1 fully saturated rings. The summed E-state index contributed by atoms with van der Waals surface area (Å²) < 4.78 is 10.9. The van der Waals surface area contributed by atoms with Crippen LogP contribution >= 0.6 is 22.9 Å². The number of amides is 1. The number of carbonyl (C=O) groups excluding carboxylic acids is 2. The van der Waals surface area contributed by atoms with Crippen molar-refractivity contribution >= 4 is 46.1 Å². The highest BCUT2D eigenvalue weighted by Gasteiger charge is 2.48. The van der Waals surface area contributed by atoms with E-state index in [-0.39, 0.29) is 11.3 Å². The number of aryl methyl sites for hydroxylation is 1. The number of hydrogen-bond acceptors (Lipinski definition) is 6. The maximum absolute atomic E-state index is 13.3. The average Bonchev–Trinajstić information content (AvgIpc) is 3.37. The van der Waals surface area contributed by atoms with E-state index < -0.39 is 17.7 Å². The summed E-state index contributed by atoms with van der Waals surface area (Å²) in [6.45, 7) is 6.59. The first-order valence-electron chi connectivity index (χ1n) is 11.1. The normalized spacial score (nSPS) is 17.3. The number of benzene rings is 2. The standard InChI is InChI=1S/C27H26ClNO5S/c1-15(2)14-34-19-8-5-17(6-9-19)24(30)22-23(26-16(3)11-12-35-26)29(27(32)25(22)31)18-7-10-21(33-4)20(28)13-18/h5-13,15,23,30H,14H2,1-4H3/b24-22-. The molecule has 1 aliphatic heterocycles. The summed E-state index contributed by atoms with van der Waals surface area (Å²) in [6.07, 6.45) is 0. The molecule has 1 aromatic heterocycles. The molecule has 8 heteroatoms. The Morgan fingerprint density at radius 3 is 2.43 bits per heavy atom. The van der Waals surface area contributed by atoms with Crippen molar-refractivity contribution in [1.29, 1.82) is 0 Å². The number of aliphatic hydroxyl groups is 1.